The Morgan fingerprint density at radius 1 is 0.515 bits per heavy atom. The lowest BCUT2D eigenvalue weighted by Gasteiger charge is -2.34. The van der Waals surface area contributed by atoms with Crippen LogP contribution in [0.2, 0.25) is 0 Å². The molecule has 2 heteroatoms. The predicted octanol–water partition coefficient (Wildman–Crippen LogP) is 8.71. The van der Waals surface area contributed by atoms with Gasteiger partial charge in [-0.05, 0) is 35.4 Å². The van der Waals surface area contributed by atoms with Crippen LogP contribution in [0.15, 0.2) is 114 Å². The molecular formula is C31H24O2. The molecule has 0 atom stereocenters. The Balaban J connectivity index is 1.39. The largest absolute Gasteiger partial charge is 0.457 e. The minimum Gasteiger partial charge on any atom is -0.457 e. The first-order valence-corrected chi connectivity index (χ1v) is 11.3. The highest BCUT2D eigenvalue weighted by Crippen LogP contribution is 2.48. The van der Waals surface area contributed by atoms with Crippen molar-refractivity contribution in [3.8, 4) is 45.3 Å². The summed E-state index contributed by atoms with van der Waals surface area (Å²) in [4.78, 5) is 0. The smallest absolute Gasteiger partial charge is 0.135 e. The minimum absolute atomic E-state index is 0.119. The third kappa shape index (κ3) is 3.27. The van der Waals surface area contributed by atoms with Crippen molar-refractivity contribution in [3.63, 3.8) is 0 Å². The van der Waals surface area contributed by atoms with E-state index in [1.54, 1.807) is 0 Å². The molecule has 1 aromatic heterocycles. The van der Waals surface area contributed by atoms with E-state index in [0.29, 0.717) is 0 Å². The van der Waals surface area contributed by atoms with E-state index in [0.717, 1.165) is 39.7 Å². The zero-order chi connectivity index (χ0) is 22.4. The average Bonchev–Trinajstić information content (AvgIpc) is 3.35. The van der Waals surface area contributed by atoms with E-state index in [-0.39, 0.29) is 5.41 Å². The molecule has 0 fully saturated rings. The van der Waals surface area contributed by atoms with Crippen molar-refractivity contribution >= 4 is 0 Å². The van der Waals surface area contributed by atoms with Crippen molar-refractivity contribution in [1.29, 1.82) is 0 Å². The van der Waals surface area contributed by atoms with Crippen LogP contribution in [0.1, 0.15) is 25.0 Å². The minimum atomic E-state index is -0.119. The number of furan rings is 1. The molecule has 0 aliphatic carbocycles. The molecule has 1 aliphatic rings. The van der Waals surface area contributed by atoms with Gasteiger partial charge in [0, 0.05) is 27.7 Å². The Bertz CT molecular complexity index is 1460. The summed E-state index contributed by atoms with van der Waals surface area (Å²) in [6, 6.07) is 37.5. The first kappa shape index (κ1) is 19.6. The van der Waals surface area contributed by atoms with E-state index in [4.69, 9.17) is 9.15 Å². The number of fused-ring (bicyclic) bond motifs is 2. The molecule has 0 N–H and O–H groups in total. The van der Waals surface area contributed by atoms with Crippen molar-refractivity contribution in [2.24, 2.45) is 0 Å². The van der Waals surface area contributed by atoms with Crippen molar-refractivity contribution in [2.75, 3.05) is 0 Å². The topological polar surface area (TPSA) is 22.4 Å². The van der Waals surface area contributed by atoms with Crippen molar-refractivity contribution in [2.45, 2.75) is 19.3 Å². The Kier molecular flexibility index (Phi) is 4.48. The first-order chi connectivity index (χ1) is 16.1. The van der Waals surface area contributed by atoms with Crippen LogP contribution in [-0.2, 0) is 5.41 Å². The van der Waals surface area contributed by atoms with Crippen LogP contribution < -0.4 is 4.74 Å². The summed E-state index contributed by atoms with van der Waals surface area (Å²) in [5.74, 6) is 3.49. The molecule has 160 valence electrons. The van der Waals surface area contributed by atoms with Gasteiger partial charge in [-0.3, -0.25) is 0 Å². The van der Waals surface area contributed by atoms with Crippen molar-refractivity contribution < 1.29 is 9.15 Å². The maximum atomic E-state index is 6.37. The second-order valence-electron chi connectivity index (χ2n) is 9.01. The molecule has 0 saturated carbocycles. The highest BCUT2D eigenvalue weighted by atomic mass is 16.5. The van der Waals surface area contributed by atoms with Gasteiger partial charge in [0.25, 0.3) is 0 Å². The molecule has 0 amide bonds. The monoisotopic (exact) mass is 428 g/mol. The van der Waals surface area contributed by atoms with Gasteiger partial charge < -0.3 is 9.15 Å². The SMILES string of the molecule is CC1(C)c2ccccc2Oc2cc(-c3ccc(-c4ccccc4-c4ccccc4)o3)ccc21. The Morgan fingerprint density at radius 3 is 2.03 bits per heavy atom. The zero-order valence-corrected chi connectivity index (χ0v) is 18.7. The molecule has 5 aromatic rings. The number of hydrogen-bond donors (Lipinski definition) is 0. The van der Waals surface area contributed by atoms with Gasteiger partial charge in [-0.25, -0.2) is 0 Å². The quantitative estimate of drug-likeness (QED) is 0.287. The number of hydrogen-bond acceptors (Lipinski definition) is 2. The van der Waals surface area contributed by atoms with Gasteiger partial charge >= 0.3 is 0 Å². The van der Waals surface area contributed by atoms with E-state index < -0.39 is 0 Å². The maximum absolute atomic E-state index is 6.37. The van der Waals surface area contributed by atoms with Gasteiger partial charge in [0.2, 0.25) is 0 Å². The number of benzene rings is 4. The Hall–Kier alpha value is -4.04. The molecule has 2 nitrogen and oxygen atoms in total. The van der Waals surface area contributed by atoms with Gasteiger partial charge in [0.1, 0.15) is 23.0 Å². The van der Waals surface area contributed by atoms with E-state index in [2.05, 4.69) is 98.8 Å². The van der Waals surface area contributed by atoms with Crippen molar-refractivity contribution in [3.05, 3.63) is 120 Å². The summed E-state index contributed by atoms with van der Waals surface area (Å²) >= 11 is 0. The fourth-order valence-electron chi connectivity index (χ4n) is 4.82. The molecule has 6 rings (SSSR count). The van der Waals surface area contributed by atoms with Crippen LogP contribution in [0.3, 0.4) is 0 Å². The average molecular weight is 429 g/mol. The highest BCUT2D eigenvalue weighted by Gasteiger charge is 2.34. The molecule has 1 aliphatic heterocycles. The molecule has 0 spiro atoms. The fourth-order valence-corrected chi connectivity index (χ4v) is 4.82. The Morgan fingerprint density at radius 2 is 1.18 bits per heavy atom. The van der Waals surface area contributed by atoms with E-state index in [1.807, 2.05) is 24.3 Å². The second-order valence-corrected chi connectivity index (χ2v) is 9.01. The number of rotatable bonds is 3. The predicted molar refractivity (Wildman–Crippen MR) is 134 cm³/mol. The van der Waals surface area contributed by atoms with Gasteiger partial charge in [-0.1, -0.05) is 98.8 Å². The molecular weight excluding hydrogens is 404 g/mol. The van der Waals surface area contributed by atoms with Crippen LogP contribution in [-0.4, -0.2) is 0 Å². The molecule has 4 aromatic carbocycles. The lowest BCUT2D eigenvalue weighted by Crippen LogP contribution is -2.24. The standard InChI is InChI=1S/C31H24O2/c1-31(2)25-14-8-9-15-29(25)33-30-20-22(16-17-26(30)31)27-18-19-28(32-27)24-13-7-6-12-23(24)21-10-4-3-5-11-21/h3-20H,1-2H3. The normalized spacial score (nSPS) is 13.6. The molecule has 0 radical (unpaired) electrons. The summed E-state index contributed by atoms with van der Waals surface area (Å²) in [6.45, 7) is 4.50. The van der Waals surface area contributed by atoms with Crippen LogP contribution in [0.25, 0.3) is 33.8 Å². The van der Waals surface area contributed by atoms with Gasteiger partial charge in [0.15, 0.2) is 0 Å². The van der Waals surface area contributed by atoms with E-state index in [9.17, 15) is 0 Å². The lowest BCUT2D eigenvalue weighted by atomic mass is 9.75. The van der Waals surface area contributed by atoms with Gasteiger partial charge in [0.05, 0.1) is 0 Å². The Labute approximate surface area is 194 Å². The molecule has 0 bridgehead atoms. The van der Waals surface area contributed by atoms with E-state index in [1.165, 1.54) is 16.7 Å². The lowest BCUT2D eigenvalue weighted by molar-refractivity contribution is 0.418. The van der Waals surface area contributed by atoms with Gasteiger partial charge in [-0.2, -0.15) is 0 Å². The second kappa shape index (κ2) is 7.53. The summed E-state index contributed by atoms with van der Waals surface area (Å²) < 4.78 is 12.7. The van der Waals surface area contributed by atoms with Crippen molar-refractivity contribution in [1.82, 2.24) is 0 Å². The number of ether oxygens (including phenoxy) is 1. The van der Waals surface area contributed by atoms with Crippen LogP contribution in [0, 0.1) is 0 Å². The molecule has 0 unspecified atom stereocenters. The molecule has 0 saturated heterocycles. The zero-order valence-electron chi connectivity index (χ0n) is 18.7. The van der Waals surface area contributed by atoms with Crippen LogP contribution in [0.5, 0.6) is 11.5 Å². The summed E-state index contributed by atoms with van der Waals surface area (Å²) in [5.41, 5.74) is 6.70. The summed E-state index contributed by atoms with van der Waals surface area (Å²) in [5, 5.41) is 0. The highest BCUT2D eigenvalue weighted by molar-refractivity contribution is 5.82. The maximum Gasteiger partial charge on any atom is 0.135 e. The number of para-hydroxylation sites is 1. The summed E-state index contributed by atoms with van der Waals surface area (Å²) in [6.07, 6.45) is 0. The van der Waals surface area contributed by atoms with E-state index >= 15 is 0 Å². The fraction of sp³-hybridized carbons (Fsp3) is 0.0968. The summed E-state index contributed by atoms with van der Waals surface area (Å²) in [7, 11) is 0. The van der Waals surface area contributed by atoms with Gasteiger partial charge in [-0.15, -0.1) is 0 Å². The molecule has 2 heterocycles. The first-order valence-electron chi connectivity index (χ1n) is 11.3. The van der Waals surface area contributed by atoms with Crippen LogP contribution >= 0.6 is 0 Å². The molecule has 33 heavy (non-hydrogen) atoms. The third-order valence-corrected chi connectivity index (χ3v) is 6.60. The third-order valence-electron chi connectivity index (χ3n) is 6.60. The van der Waals surface area contributed by atoms with Crippen LogP contribution in [0.4, 0.5) is 0 Å².